The molecule has 1 aromatic carbocycles. The first-order valence-corrected chi connectivity index (χ1v) is 12.2. The van der Waals surface area contributed by atoms with E-state index in [1.165, 1.54) is 42.4 Å². The highest BCUT2D eigenvalue weighted by Crippen LogP contribution is 2.09. The van der Waals surface area contributed by atoms with E-state index in [-0.39, 0.29) is 0 Å². The number of anilines is 1. The Morgan fingerprint density at radius 2 is 1.82 bits per heavy atom. The predicted octanol–water partition coefficient (Wildman–Crippen LogP) is 3.60. The molecule has 1 fully saturated rings. The van der Waals surface area contributed by atoms with E-state index in [1.54, 1.807) is 0 Å². The molecular formula is C29H38N4. The van der Waals surface area contributed by atoms with Gasteiger partial charge < -0.3 is 20.1 Å². The van der Waals surface area contributed by atoms with Crippen molar-refractivity contribution in [1.82, 2.24) is 14.8 Å². The van der Waals surface area contributed by atoms with Crippen LogP contribution in [0.4, 0.5) is 5.69 Å². The lowest BCUT2D eigenvalue weighted by molar-refractivity contribution is 0.237. The number of hydrogen-bond acceptors (Lipinski definition) is 3. The molecule has 4 rings (SSSR count). The standard InChI is InChI=1S/C27H32N4.C2H6/c1-4-31-26(13-16-28-24-10-5-21(2)6-11-24)19-23-9-7-22(8-12-27(23)31)20-29-25-14-17-30(3)18-15-25;1-2/h5-8,10-12,19,25,28-29H,4,14-15,17-18,20H2,1-3H3;1-2H3. The SMILES string of the molecule is CC.CCn1c(C#CNc2ccc(C)cc2)cc2c1=CC=C(CNC1CCN(C)CC1)C=C=2. The van der Waals surface area contributed by atoms with Crippen LogP contribution in [0.2, 0.25) is 0 Å². The Labute approximate surface area is 199 Å². The maximum atomic E-state index is 3.72. The summed E-state index contributed by atoms with van der Waals surface area (Å²) in [5, 5.41) is 9.19. The predicted molar refractivity (Wildman–Crippen MR) is 141 cm³/mol. The van der Waals surface area contributed by atoms with Gasteiger partial charge in [-0.2, -0.15) is 0 Å². The van der Waals surface area contributed by atoms with Gasteiger partial charge in [0.1, 0.15) is 0 Å². The smallest absolute Gasteiger partial charge is 0.0955 e. The van der Waals surface area contributed by atoms with Crippen LogP contribution in [-0.2, 0) is 6.54 Å². The van der Waals surface area contributed by atoms with E-state index < -0.39 is 0 Å². The average molecular weight is 443 g/mol. The summed E-state index contributed by atoms with van der Waals surface area (Å²) in [6.07, 6.45) is 8.99. The first kappa shape index (κ1) is 24.7. The molecule has 4 heteroatoms. The van der Waals surface area contributed by atoms with Crippen LogP contribution in [0.25, 0.3) is 11.8 Å². The number of benzene rings is 1. The summed E-state index contributed by atoms with van der Waals surface area (Å²) in [6, 6.07) is 14.1. The van der Waals surface area contributed by atoms with Gasteiger partial charge in [-0.15, -0.1) is 5.73 Å². The molecule has 2 aliphatic rings. The number of aryl methyl sites for hydroxylation is 1. The number of nitrogens with zero attached hydrogens (tertiary/aromatic N) is 2. The lowest BCUT2D eigenvalue weighted by atomic mass is 10.1. The molecule has 2 aromatic rings. The second kappa shape index (κ2) is 12.3. The minimum absolute atomic E-state index is 0.614. The van der Waals surface area contributed by atoms with Crippen LogP contribution >= 0.6 is 0 Å². The van der Waals surface area contributed by atoms with Crippen LogP contribution in [-0.4, -0.2) is 42.2 Å². The van der Waals surface area contributed by atoms with E-state index in [0.717, 1.165) is 29.7 Å². The van der Waals surface area contributed by atoms with Gasteiger partial charge in [-0.25, -0.2) is 0 Å². The molecule has 4 nitrogen and oxygen atoms in total. The van der Waals surface area contributed by atoms with Crippen molar-refractivity contribution < 1.29 is 0 Å². The summed E-state index contributed by atoms with van der Waals surface area (Å²) in [5.41, 5.74) is 8.03. The first-order valence-electron chi connectivity index (χ1n) is 12.2. The molecule has 0 atom stereocenters. The second-order valence-corrected chi connectivity index (χ2v) is 8.47. The molecule has 174 valence electrons. The molecule has 33 heavy (non-hydrogen) atoms. The summed E-state index contributed by atoms with van der Waals surface area (Å²) in [7, 11) is 2.20. The molecule has 0 unspecified atom stereocenters. The Bertz CT molecular complexity index is 1160. The van der Waals surface area contributed by atoms with Crippen LogP contribution < -0.4 is 21.2 Å². The Balaban J connectivity index is 0.00000149. The fourth-order valence-electron chi connectivity index (χ4n) is 4.10. The van der Waals surface area contributed by atoms with E-state index in [1.807, 2.05) is 26.0 Å². The Hall–Kier alpha value is -2.96. The molecule has 0 spiro atoms. The highest BCUT2D eigenvalue weighted by atomic mass is 15.1. The topological polar surface area (TPSA) is 32.2 Å². The number of rotatable bonds is 5. The third-order valence-corrected chi connectivity index (χ3v) is 6.09. The monoisotopic (exact) mass is 442 g/mol. The van der Waals surface area contributed by atoms with Crippen molar-refractivity contribution in [2.75, 3.05) is 32.0 Å². The lowest BCUT2D eigenvalue weighted by Gasteiger charge is -2.29. The summed E-state index contributed by atoms with van der Waals surface area (Å²) in [6.45, 7) is 12.4. The zero-order chi connectivity index (χ0) is 23.6. The number of piperidine rings is 1. The highest BCUT2D eigenvalue weighted by Gasteiger charge is 2.15. The molecule has 0 amide bonds. The van der Waals surface area contributed by atoms with Crippen molar-refractivity contribution >= 4 is 17.5 Å². The molecule has 1 saturated heterocycles. The van der Waals surface area contributed by atoms with Crippen molar-refractivity contribution in [3.8, 4) is 12.0 Å². The Kier molecular flexibility index (Phi) is 9.22. The fraction of sp³-hybridized carbons (Fsp3) is 0.414. The third kappa shape index (κ3) is 6.76. The van der Waals surface area contributed by atoms with Crippen LogP contribution in [0.5, 0.6) is 0 Å². The molecule has 2 N–H and O–H groups in total. The largest absolute Gasteiger partial charge is 0.334 e. The van der Waals surface area contributed by atoms with E-state index in [0.29, 0.717) is 6.04 Å². The third-order valence-electron chi connectivity index (χ3n) is 6.09. The summed E-state index contributed by atoms with van der Waals surface area (Å²) in [4.78, 5) is 2.40. The number of nitrogens with one attached hydrogen (secondary N) is 2. The van der Waals surface area contributed by atoms with Crippen molar-refractivity contribution in [2.24, 2.45) is 0 Å². The van der Waals surface area contributed by atoms with Crippen LogP contribution in [0.15, 0.2) is 48.1 Å². The van der Waals surface area contributed by atoms with E-state index >= 15 is 0 Å². The number of allylic oxidation sites excluding steroid dienone is 1. The minimum atomic E-state index is 0.614. The van der Waals surface area contributed by atoms with Gasteiger partial charge in [0, 0.05) is 36.1 Å². The Morgan fingerprint density at radius 3 is 2.52 bits per heavy atom. The molecule has 0 saturated carbocycles. The van der Waals surface area contributed by atoms with Gasteiger partial charge in [-0.05, 0) is 88.7 Å². The minimum Gasteiger partial charge on any atom is -0.334 e. The van der Waals surface area contributed by atoms with Crippen LogP contribution in [0, 0.1) is 18.9 Å². The number of aromatic nitrogens is 1. The van der Waals surface area contributed by atoms with Gasteiger partial charge in [0.2, 0.25) is 0 Å². The van der Waals surface area contributed by atoms with Gasteiger partial charge in [0.25, 0.3) is 0 Å². The Morgan fingerprint density at radius 1 is 1.09 bits per heavy atom. The molecule has 2 heterocycles. The van der Waals surface area contributed by atoms with Gasteiger partial charge in [-0.3, -0.25) is 0 Å². The maximum absolute atomic E-state index is 3.72. The number of fused-ring (bicyclic) bond motifs is 1. The van der Waals surface area contributed by atoms with Gasteiger partial charge in [0.05, 0.1) is 11.0 Å². The molecule has 1 aliphatic heterocycles. The van der Waals surface area contributed by atoms with Crippen molar-refractivity contribution in [2.45, 2.75) is 53.1 Å². The average Bonchev–Trinajstić information content (AvgIpc) is 3.05. The molecular weight excluding hydrogens is 404 g/mol. The van der Waals surface area contributed by atoms with Gasteiger partial charge in [-0.1, -0.05) is 37.6 Å². The molecule has 1 aliphatic carbocycles. The maximum Gasteiger partial charge on any atom is 0.0955 e. The quantitative estimate of drug-likeness (QED) is 0.548. The van der Waals surface area contributed by atoms with Crippen molar-refractivity contribution in [1.29, 1.82) is 0 Å². The van der Waals surface area contributed by atoms with Crippen LogP contribution in [0.3, 0.4) is 0 Å². The lowest BCUT2D eigenvalue weighted by Crippen LogP contribution is -2.41. The van der Waals surface area contributed by atoms with Gasteiger partial charge in [0.15, 0.2) is 0 Å². The summed E-state index contributed by atoms with van der Waals surface area (Å²) >= 11 is 0. The van der Waals surface area contributed by atoms with Crippen molar-refractivity contribution in [3.05, 3.63) is 69.9 Å². The molecule has 0 radical (unpaired) electrons. The van der Waals surface area contributed by atoms with Crippen LogP contribution in [0.1, 0.15) is 44.9 Å². The van der Waals surface area contributed by atoms with Gasteiger partial charge >= 0.3 is 0 Å². The summed E-state index contributed by atoms with van der Waals surface area (Å²) in [5.74, 6) is 3.28. The van der Waals surface area contributed by atoms with E-state index in [9.17, 15) is 0 Å². The van der Waals surface area contributed by atoms with E-state index in [4.69, 9.17) is 0 Å². The number of likely N-dealkylation sites (tertiary alicyclic amines) is 1. The molecule has 1 aromatic heterocycles. The highest BCUT2D eigenvalue weighted by molar-refractivity contribution is 5.52. The second-order valence-electron chi connectivity index (χ2n) is 8.47. The zero-order valence-electron chi connectivity index (χ0n) is 20.8. The zero-order valence-corrected chi connectivity index (χ0v) is 20.8. The van der Waals surface area contributed by atoms with E-state index in [2.05, 4.69) is 95.1 Å². The van der Waals surface area contributed by atoms with Crippen molar-refractivity contribution in [3.63, 3.8) is 0 Å². The summed E-state index contributed by atoms with van der Waals surface area (Å²) < 4.78 is 2.25. The number of hydrogen-bond donors (Lipinski definition) is 2. The molecule has 0 bridgehead atoms. The normalized spacial score (nSPS) is 15.5. The fourth-order valence-corrected chi connectivity index (χ4v) is 4.10. The first-order chi connectivity index (χ1) is 16.1.